The Bertz CT molecular complexity index is 733. The van der Waals surface area contributed by atoms with Crippen molar-refractivity contribution in [2.45, 2.75) is 57.6 Å². The zero-order valence-electron chi connectivity index (χ0n) is 17.7. The number of ether oxygens (including phenoxy) is 2. The van der Waals surface area contributed by atoms with E-state index in [2.05, 4.69) is 18.0 Å². The lowest BCUT2D eigenvalue weighted by molar-refractivity contribution is -0.147. The van der Waals surface area contributed by atoms with E-state index in [0.29, 0.717) is 12.5 Å². The van der Waals surface area contributed by atoms with Gasteiger partial charge >= 0.3 is 12.1 Å². The first kappa shape index (κ1) is 20.6. The normalized spacial score (nSPS) is 21.2. The molecule has 1 amide bonds. The van der Waals surface area contributed by atoms with Gasteiger partial charge in [0.25, 0.3) is 0 Å². The van der Waals surface area contributed by atoms with Gasteiger partial charge in [0.05, 0.1) is 7.11 Å². The SMILES string of the molecule is COC(=O)[C@H]1c2cccc(C3CCN(C)CC3)c2CCN1C(=O)OC(C)(C)C. The molecule has 3 rings (SSSR count). The topological polar surface area (TPSA) is 59.1 Å². The summed E-state index contributed by atoms with van der Waals surface area (Å²) in [4.78, 5) is 29.3. The van der Waals surface area contributed by atoms with E-state index in [0.717, 1.165) is 37.9 Å². The number of methoxy groups -OCH3 is 1. The Morgan fingerprint density at radius 3 is 2.32 bits per heavy atom. The van der Waals surface area contributed by atoms with Crippen molar-refractivity contribution in [1.82, 2.24) is 9.80 Å². The zero-order chi connectivity index (χ0) is 20.5. The molecule has 0 spiro atoms. The Morgan fingerprint density at radius 1 is 1.07 bits per heavy atom. The first-order valence-electron chi connectivity index (χ1n) is 10.1. The molecule has 28 heavy (non-hydrogen) atoms. The quantitative estimate of drug-likeness (QED) is 0.726. The molecule has 1 atom stereocenters. The number of amides is 1. The van der Waals surface area contributed by atoms with E-state index < -0.39 is 23.7 Å². The summed E-state index contributed by atoms with van der Waals surface area (Å²) < 4.78 is 10.6. The van der Waals surface area contributed by atoms with Crippen LogP contribution in [0.3, 0.4) is 0 Å². The first-order chi connectivity index (χ1) is 13.2. The van der Waals surface area contributed by atoms with Crippen molar-refractivity contribution < 1.29 is 19.1 Å². The lowest BCUT2D eigenvalue weighted by Crippen LogP contribution is -2.46. The van der Waals surface area contributed by atoms with Crippen LogP contribution < -0.4 is 0 Å². The minimum Gasteiger partial charge on any atom is -0.467 e. The third kappa shape index (κ3) is 4.32. The van der Waals surface area contributed by atoms with Crippen LogP contribution in [0.1, 0.15) is 62.3 Å². The second kappa shape index (κ2) is 8.11. The van der Waals surface area contributed by atoms with Crippen molar-refractivity contribution in [3.63, 3.8) is 0 Å². The minimum absolute atomic E-state index is 0.424. The third-order valence-corrected chi connectivity index (χ3v) is 5.67. The highest BCUT2D eigenvalue weighted by Crippen LogP contribution is 2.38. The highest BCUT2D eigenvalue weighted by atomic mass is 16.6. The molecule has 2 aliphatic heterocycles. The molecule has 0 aliphatic carbocycles. The van der Waals surface area contributed by atoms with Gasteiger partial charge in [0.1, 0.15) is 5.60 Å². The minimum atomic E-state index is -0.755. The number of fused-ring (bicyclic) bond motifs is 1. The Kier molecular flexibility index (Phi) is 5.98. The number of esters is 1. The summed E-state index contributed by atoms with van der Waals surface area (Å²) in [6.07, 6.45) is 2.49. The van der Waals surface area contributed by atoms with E-state index in [1.54, 1.807) is 0 Å². The summed E-state index contributed by atoms with van der Waals surface area (Å²) in [7, 11) is 3.52. The van der Waals surface area contributed by atoms with Gasteiger partial charge in [0.15, 0.2) is 6.04 Å². The molecular formula is C22H32N2O4. The van der Waals surface area contributed by atoms with E-state index in [-0.39, 0.29) is 0 Å². The molecule has 0 bridgehead atoms. The summed E-state index contributed by atoms with van der Waals surface area (Å²) in [5, 5.41) is 0. The number of hydrogen-bond donors (Lipinski definition) is 0. The van der Waals surface area contributed by atoms with Crippen LogP contribution in [-0.2, 0) is 20.7 Å². The second-order valence-electron chi connectivity index (χ2n) is 8.84. The van der Waals surface area contributed by atoms with Gasteiger partial charge < -0.3 is 14.4 Å². The van der Waals surface area contributed by atoms with Gasteiger partial charge in [-0.25, -0.2) is 9.59 Å². The van der Waals surface area contributed by atoms with E-state index in [4.69, 9.17) is 9.47 Å². The largest absolute Gasteiger partial charge is 0.467 e. The maximum Gasteiger partial charge on any atom is 0.411 e. The number of nitrogens with zero attached hydrogens (tertiary/aromatic N) is 2. The molecule has 1 fully saturated rings. The number of carbonyl (C=O) groups excluding carboxylic acids is 2. The second-order valence-corrected chi connectivity index (χ2v) is 8.84. The highest BCUT2D eigenvalue weighted by Gasteiger charge is 2.40. The van der Waals surface area contributed by atoms with Crippen molar-refractivity contribution >= 4 is 12.1 Å². The highest BCUT2D eigenvalue weighted by molar-refractivity contribution is 5.84. The molecule has 1 saturated heterocycles. The van der Waals surface area contributed by atoms with Crippen LogP contribution in [0.15, 0.2) is 18.2 Å². The lowest BCUT2D eigenvalue weighted by atomic mass is 9.81. The summed E-state index contributed by atoms with van der Waals surface area (Å²) in [5.41, 5.74) is 2.78. The first-order valence-corrected chi connectivity index (χ1v) is 10.1. The molecule has 0 aromatic heterocycles. The van der Waals surface area contributed by atoms with Crippen LogP contribution in [0.25, 0.3) is 0 Å². The van der Waals surface area contributed by atoms with Crippen LogP contribution in [-0.4, -0.2) is 61.3 Å². The fraction of sp³-hybridized carbons (Fsp3) is 0.636. The van der Waals surface area contributed by atoms with Crippen molar-refractivity contribution in [2.75, 3.05) is 33.8 Å². The molecule has 1 aromatic rings. The van der Waals surface area contributed by atoms with Crippen molar-refractivity contribution in [1.29, 1.82) is 0 Å². The molecule has 2 aliphatic rings. The summed E-state index contributed by atoms with van der Waals surface area (Å²) in [6, 6.07) is 5.38. The average molecular weight is 389 g/mol. The number of hydrogen-bond acceptors (Lipinski definition) is 5. The molecule has 6 heteroatoms. The number of rotatable bonds is 2. The predicted octanol–water partition coefficient (Wildman–Crippen LogP) is 3.50. The molecule has 1 aromatic carbocycles. The Morgan fingerprint density at radius 2 is 1.71 bits per heavy atom. The van der Waals surface area contributed by atoms with Crippen LogP contribution in [0.5, 0.6) is 0 Å². The Hall–Kier alpha value is -2.08. The molecule has 0 unspecified atom stereocenters. The number of benzene rings is 1. The van der Waals surface area contributed by atoms with Crippen molar-refractivity contribution in [2.24, 2.45) is 0 Å². The van der Waals surface area contributed by atoms with Crippen LogP contribution in [0, 0.1) is 0 Å². The molecule has 154 valence electrons. The molecule has 0 saturated carbocycles. The predicted molar refractivity (Wildman–Crippen MR) is 107 cm³/mol. The lowest BCUT2D eigenvalue weighted by Gasteiger charge is -2.38. The van der Waals surface area contributed by atoms with Gasteiger partial charge in [0, 0.05) is 6.54 Å². The van der Waals surface area contributed by atoms with Crippen molar-refractivity contribution in [3.05, 3.63) is 34.9 Å². The molecule has 6 nitrogen and oxygen atoms in total. The number of carbonyl (C=O) groups is 2. The summed E-state index contributed by atoms with van der Waals surface area (Å²) in [6.45, 7) is 8.10. The monoisotopic (exact) mass is 388 g/mol. The van der Waals surface area contributed by atoms with Gasteiger partial charge in [-0.15, -0.1) is 0 Å². The van der Waals surface area contributed by atoms with E-state index in [1.165, 1.54) is 23.1 Å². The standard InChI is InChI=1S/C22H32N2O4/c1-22(2,3)28-21(26)24-14-11-17-16(15-9-12-23(4)13-10-15)7-6-8-18(17)19(24)20(25)27-5/h6-8,15,19H,9-14H2,1-5H3/t19-/m1/s1. The van der Waals surface area contributed by atoms with Crippen LogP contribution >= 0.6 is 0 Å². The van der Waals surface area contributed by atoms with Crippen LogP contribution in [0.4, 0.5) is 4.79 Å². The zero-order valence-corrected chi connectivity index (χ0v) is 17.7. The van der Waals surface area contributed by atoms with Gasteiger partial charge in [0.2, 0.25) is 0 Å². The summed E-state index contributed by atoms with van der Waals surface area (Å²) in [5.74, 6) is 0.0739. The fourth-order valence-corrected chi connectivity index (χ4v) is 4.28. The Balaban J connectivity index is 1.95. The van der Waals surface area contributed by atoms with Crippen molar-refractivity contribution in [3.8, 4) is 0 Å². The maximum absolute atomic E-state index is 12.8. The number of piperidine rings is 1. The van der Waals surface area contributed by atoms with Crippen LogP contribution in [0.2, 0.25) is 0 Å². The van der Waals surface area contributed by atoms with Gasteiger partial charge in [-0.3, -0.25) is 4.90 Å². The fourth-order valence-electron chi connectivity index (χ4n) is 4.28. The molecule has 0 radical (unpaired) electrons. The smallest absolute Gasteiger partial charge is 0.411 e. The van der Waals surface area contributed by atoms with Gasteiger partial charge in [-0.2, -0.15) is 0 Å². The van der Waals surface area contributed by atoms with Gasteiger partial charge in [-0.05, 0) is 82.8 Å². The average Bonchev–Trinajstić information content (AvgIpc) is 2.65. The van der Waals surface area contributed by atoms with E-state index >= 15 is 0 Å². The van der Waals surface area contributed by atoms with Gasteiger partial charge in [-0.1, -0.05) is 18.2 Å². The Labute approximate surface area is 167 Å². The summed E-state index contributed by atoms with van der Waals surface area (Å²) >= 11 is 0. The molecule has 2 heterocycles. The molecule has 0 N–H and O–H groups in total. The third-order valence-electron chi connectivity index (χ3n) is 5.67. The number of likely N-dealkylation sites (tertiary alicyclic amines) is 1. The van der Waals surface area contributed by atoms with E-state index in [9.17, 15) is 9.59 Å². The molecular weight excluding hydrogens is 356 g/mol. The maximum atomic E-state index is 12.8. The van der Waals surface area contributed by atoms with E-state index in [1.807, 2.05) is 32.9 Å².